The molecular formula is C22H14N2O2. The monoisotopic (exact) mass is 338 g/mol. The second kappa shape index (κ2) is 6.01. The highest BCUT2D eigenvalue weighted by atomic mass is 16.4. The van der Waals surface area contributed by atoms with E-state index in [0.29, 0.717) is 11.8 Å². The van der Waals surface area contributed by atoms with Gasteiger partial charge in [-0.2, -0.15) is 0 Å². The molecule has 0 saturated heterocycles. The molecule has 4 heteroatoms. The maximum Gasteiger partial charge on any atom is 0.228 e. The number of fused-ring (bicyclic) bond motifs is 2. The first-order valence-corrected chi connectivity index (χ1v) is 8.35. The van der Waals surface area contributed by atoms with E-state index in [0.717, 1.165) is 33.3 Å². The maximum atomic E-state index is 5.98. The number of oxazole rings is 2. The number of hydrogen-bond donors (Lipinski definition) is 0. The fraction of sp³-hybridized carbons (Fsp3) is 0. The lowest BCUT2D eigenvalue weighted by atomic mass is 10.1. The minimum atomic E-state index is 0.521. The average molecular weight is 338 g/mol. The lowest BCUT2D eigenvalue weighted by molar-refractivity contribution is 0.580. The van der Waals surface area contributed by atoms with E-state index in [4.69, 9.17) is 8.83 Å². The minimum Gasteiger partial charge on any atom is -0.437 e. The first-order valence-electron chi connectivity index (χ1n) is 8.35. The highest BCUT2D eigenvalue weighted by Gasteiger charge is 2.14. The van der Waals surface area contributed by atoms with Gasteiger partial charge in [0.05, 0.1) is 0 Å². The molecule has 0 radical (unpaired) electrons. The van der Waals surface area contributed by atoms with Crippen LogP contribution < -0.4 is 0 Å². The van der Waals surface area contributed by atoms with Gasteiger partial charge in [-0.05, 0) is 29.8 Å². The summed E-state index contributed by atoms with van der Waals surface area (Å²) in [6, 6.07) is 25.4. The summed E-state index contributed by atoms with van der Waals surface area (Å²) in [5, 5.41) is 0. The van der Waals surface area contributed by atoms with Gasteiger partial charge in [0.2, 0.25) is 11.8 Å². The summed E-state index contributed by atoms with van der Waals surface area (Å²) in [5.74, 6) is 1.06. The Morgan fingerprint density at radius 3 is 1.96 bits per heavy atom. The Morgan fingerprint density at radius 1 is 0.654 bits per heavy atom. The molecule has 0 bridgehead atoms. The fourth-order valence-corrected chi connectivity index (χ4v) is 2.95. The predicted octanol–water partition coefficient (Wildman–Crippen LogP) is 5.56. The van der Waals surface area contributed by atoms with E-state index in [2.05, 4.69) is 9.97 Å². The average Bonchev–Trinajstić information content (AvgIpc) is 3.30. The van der Waals surface area contributed by atoms with Gasteiger partial charge in [-0.3, -0.25) is 0 Å². The van der Waals surface area contributed by atoms with Gasteiger partial charge in [-0.25, -0.2) is 9.97 Å². The van der Waals surface area contributed by atoms with Crippen molar-refractivity contribution in [3.8, 4) is 0 Å². The van der Waals surface area contributed by atoms with E-state index in [1.165, 1.54) is 0 Å². The van der Waals surface area contributed by atoms with Crippen LogP contribution >= 0.6 is 0 Å². The Balaban J connectivity index is 1.71. The SMILES string of the molecule is C(=C(c1ccccc1)c1nc2ccccc2o1)c1nc2ccccc2o1. The summed E-state index contributed by atoms with van der Waals surface area (Å²) in [5.41, 5.74) is 4.96. The van der Waals surface area contributed by atoms with Crippen molar-refractivity contribution in [3.63, 3.8) is 0 Å². The van der Waals surface area contributed by atoms with Gasteiger partial charge < -0.3 is 8.83 Å². The molecule has 0 saturated carbocycles. The van der Waals surface area contributed by atoms with E-state index in [-0.39, 0.29) is 0 Å². The van der Waals surface area contributed by atoms with Crippen molar-refractivity contribution in [2.45, 2.75) is 0 Å². The molecule has 4 nitrogen and oxygen atoms in total. The molecular weight excluding hydrogens is 324 g/mol. The third kappa shape index (κ3) is 2.58. The summed E-state index contributed by atoms with van der Waals surface area (Å²) in [6.07, 6.45) is 1.88. The smallest absolute Gasteiger partial charge is 0.228 e. The van der Waals surface area contributed by atoms with Crippen molar-refractivity contribution in [2.75, 3.05) is 0 Å². The Labute approximate surface area is 149 Å². The summed E-state index contributed by atoms with van der Waals surface area (Å²) < 4.78 is 11.8. The lowest BCUT2D eigenvalue weighted by Crippen LogP contribution is -1.88. The van der Waals surface area contributed by atoms with Crippen molar-refractivity contribution >= 4 is 33.8 Å². The Hall–Kier alpha value is -3.66. The number of rotatable bonds is 3. The standard InChI is InChI=1S/C22H14N2O2/c1-2-8-15(9-3-1)16(22-24-18-11-5-7-13-20(18)26-22)14-21-23-17-10-4-6-12-19(17)25-21/h1-14H. The summed E-state index contributed by atoms with van der Waals surface area (Å²) >= 11 is 0. The van der Waals surface area contributed by atoms with Crippen LogP contribution in [-0.2, 0) is 0 Å². The van der Waals surface area contributed by atoms with Crippen LogP contribution in [0.15, 0.2) is 87.7 Å². The van der Waals surface area contributed by atoms with Gasteiger partial charge in [-0.1, -0.05) is 54.6 Å². The van der Waals surface area contributed by atoms with Crippen molar-refractivity contribution in [1.82, 2.24) is 9.97 Å². The van der Waals surface area contributed by atoms with E-state index in [1.54, 1.807) is 0 Å². The zero-order valence-corrected chi connectivity index (χ0v) is 13.8. The second-order valence-electron chi connectivity index (χ2n) is 5.93. The number of nitrogens with zero attached hydrogens (tertiary/aromatic N) is 2. The molecule has 0 amide bonds. The van der Waals surface area contributed by atoms with E-state index < -0.39 is 0 Å². The number of hydrogen-bond acceptors (Lipinski definition) is 4. The largest absolute Gasteiger partial charge is 0.437 e. The van der Waals surface area contributed by atoms with Crippen LogP contribution in [-0.4, -0.2) is 9.97 Å². The third-order valence-corrected chi connectivity index (χ3v) is 4.19. The lowest BCUT2D eigenvalue weighted by Gasteiger charge is -2.02. The Morgan fingerprint density at radius 2 is 1.27 bits per heavy atom. The minimum absolute atomic E-state index is 0.521. The van der Waals surface area contributed by atoms with Crippen molar-refractivity contribution in [1.29, 1.82) is 0 Å². The highest BCUT2D eigenvalue weighted by molar-refractivity contribution is 5.90. The van der Waals surface area contributed by atoms with Crippen LogP contribution in [0.2, 0.25) is 0 Å². The second-order valence-corrected chi connectivity index (χ2v) is 5.93. The molecule has 0 spiro atoms. The molecule has 2 aromatic heterocycles. The normalized spacial score (nSPS) is 12.1. The van der Waals surface area contributed by atoms with Gasteiger partial charge in [0.1, 0.15) is 11.0 Å². The first kappa shape index (κ1) is 14.7. The summed E-state index contributed by atoms with van der Waals surface area (Å²) in [4.78, 5) is 9.18. The number of aromatic nitrogens is 2. The number of para-hydroxylation sites is 4. The summed E-state index contributed by atoms with van der Waals surface area (Å²) in [7, 11) is 0. The molecule has 124 valence electrons. The van der Waals surface area contributed by atoms with Crippen LogP contribution in [0.3, 0.4) is 0 Å². The molecule has 3 aromatic carbocycles. The molecule has 0 aliphatic rings. The van der Waals surface area contributed by atoms with Gasteiger partial charge in [0.25, 0.3) is 0 Å². The highest BCUT2D eigenvalue weighted by Crippen LogP contribution is 2.29. The molecule has 2 heterocycles. The maximum absolute atomic E-state index is 5.98. The van der Waals surface area contributed by atoms with Gasteiger partial charge in [0.15, 0.2) is 11.2 Å². The molecule has 0 unspecified atom stereocenters. The van der Waals surface area contributed by atoms with Gasteiger partial charge in [-0.15, -0.1) is 0 Å². The van der Waals surface area contributed by atoms with E-state index in [9.17, 15) is 0 Å². The van der Waals surface area contributed by atoms with Crippen LogP contribution in [0, 0.1) is 0 Å². The van der Waals surface area contributed by atoms with E-state index in [1.807, 2.05) is 84.9 Å². The van der Waals surface area contributed by atoms with Crippen LogP contribution in [0.25, 0.3) is 33.8 Å². The summed E-state index contributed by atoms with van der Waals surface area (Å²) in [6.45, 7) is 0. The molecule has 0 atom stereocenters. The van der Waals surface area contributed by atoms with Gasteiger partial charge >= 0.3 is 0 Å². The van der Waals surface area contributed by atoms with Crippen molar-refractivity contribution < 1.29 is 8.83 Å². The molecule has 5 aromatic rings. The first-order chi connectivity index (χ1) is 12.9. The molecule has 0 aliphatic heterocycles. The van der Waals surface area contributed by atoms with Crippen molar-refractivity contribution in [2.24, 2.45) is 0 Å². The van der Waals surface area contributed by atoms with Crippen LogP contribution in [0.4, 0.5) is 0 Å². The zero-order chi connectivity index (χ0) is 17.3. The van der Waals surface area contributed by atoms with Crippen LogP contribution in [0.1, 0.15) is 17.3 Å². The molecule has 26 heavy (non-hydrogen) atoms. The molecule has 5 rings (SSSR count). The quantitative estimate of drug-likeness (QED) is 0.432. The van der Waals surface area contributed by atoms with Gasteiger partial charge in [0, 0.05) is 11.6 Å². The predicted molar refractivity (Wildman–Crippen MR) is 101 cm³/mol. The molecule has 0 aliphatic carbocycles. The molecule has 0 N–H and O–H groups in total. The van der Waals surface area contributed by atoms with Crippen molar-refractivity contribution in [3.05, 3.63) is 96.2 Å². The number of benzene rings is 3. The topological polar surface area (TPSA) is 52.1 Å². The fourth-order valence-electron chi connectivity index (χ4n) is 2.95. The van der Waals surface area contributed by atoms with Crippen LogP contribution in [0.5, 0.6) is 0 Å². The molecule has 0 fully saturated rings. The Kier molecular flexibility index (Phi) is 3.39. The zero-order valence-electron chi connectivity index (χ0n) is 13.8. The van der Waals surface area contributed by atoms with E-state index >= 15 is 0 Å². The third-order valence-electron chi connectivity index (χ3n) is 4.19. The Bertz CT molecular complexity index is 1170.